The lowest BCUT2D eigenvalue weighted by Gasteiger charge is -2.00. The molecule has 0 N–H and O–H groups in total. The summed E-state index contributed by atoms with van der Waals surface area (Å²) in [6.07, 6.45) is 1.20. The second-order valence-corrected chi connectivity index (χ2v) is 3.40. The molecule has 0 aliphatic heterocycles. The lowest BCUT2D eigenvalue weighted by molar-refractivity contribution is 0.103. The first kappa shape index (κ1) is 10.8. The first-order chi connectivity index (χ1) is 7.59. The highest BCUT2D eigenvalue weighted by molar-refractivity contribution is 6.33. The van der Waals surface area contributed by atoms with Crippen LogP contribution in [0.5, 0.6) is 0 Å². The molecule has 0 saturated carbocycles. The van der Waals surface area contributed by atoms with Crippen molar-refractivity contribution in [2.24, 2.45) is 0 Å². The van der Waals surface area contributed by atoms with Crippen LogP contribution >= 0.6 is 11.6 Å². The Morgan fingerprint density at radius 1 is 1.19 bits per heavy atom. The molecule has 2 nitrogen and oxygen atoms in total. The zero-order valence-electron chi connectivity index (χ0n) is 7.84. The van der Waals surface area contributed by atoms with Crippen LogP contribution in [-0.2, 0) is 0 Å². The predicted molar refractivity (Wildman–Crippen MR) is 53.5 cm³/mol. The number of furan rings is 1. The van der Waals surface area contributed by atoms with E-state index < -0.39 is 17.4 Å². The van der Waals surface area contributed by atoms with Gasteiger partial charge >= 0.3 is 0 Å². The van der Waals surface area contributed by atoms with Crippen molar-refractivity contribution in [3.8, 4) is 0 Å². The van der Waals surface area contributed by atoms with Crippen LogP contribution in [0.25, 0.3) is 0 Å². The second-order valence-electron chi connectivity index (χ2n) is 3.06. The molecule has 2 aromatic rings. The Bertz CT molecular complexity index is 549. The molecule has 16 heavy (non-hydrogen) atoms. The maximum atomic E-state index is 13.3. The minimum atomic E-state index is -0.802. The summed E-state index contributed by atoms with van der Waals surface area (Å²) in [5.74, 6) is -2.20. The second kappa shape index (κ2) is 4.06. The van der Waals surface area contributed by atoms with E-state index >= 15 is 0 Å². The van der Waals surface area contributed by atoms with Gasteiger partial charge < -0.3 is 4.42 Å². The summed E-state index contributed by atoms with van der Waals surface area (Å²) in [5.41, 5.74) is -0.366. The van der Waals surface area contributed by atoms with Gasteiger partial charge in [0.1, 0.15) is 11.6 Å². The summed E-state index contributed by atoms with van der Waals surface area (Å²) in [6, 6.07) is 3.94. The third kappa shape index (κ3) is 1.84. The largest absolute Gasteiger partial charge is 0.452 e. The molecule has 1 aromatic carbocycles. The summed E-state index contributed by atoms with van der Waals surface area (Å²) in [6.45, 7) is 0. The standard InChI is InChI=1S/C11H5ClF2O2/c12-11-7(3-4-16-11)10(15)8-5-6(13)1-2-9(8)14/h1-5H. The van der Waals surface area contributed by atoms with E-state index in [4.69, 9.17) is 16.0 Å². The lowest BCUT2D eigenvalue weighted by atomic mass is 10.1. The zero-order chi connectivity index (χ0) is 11.7. The average Bonchev–Trinajstić information content (AvgIpc) is 2.67. The molecule has 0 bridgehead atoms. The summed E-state index contributed by atoms with van der Waals surface area (Å²) < 4.78 is 30.9. The van der Waals surface area contributed by atoms with E-state index in [9.17, 15) is 13.6 Å². The van der Waals surface area contributed by atoms with Crippen LogP contribution in [0.3, 0.4) is 0 Å². The molecule has 0 atom stereocenters. The zero-order valence-corrected chi connectivity index (χ0v) is 8.59. The van der Waals surface area contributed by atoms with Gasteiger partial charge in [-0.05, 0) is 35.9 Å². The van der Waals surface area contributed by atoms with Crippen LogP contribution in [0.15, 0.2) is 34.9 Å². The maximum absolute atomic E-state index is 13.3. The van der Waals surface area contributed by atoms with Crippen LogP contribution in [0, 0.1) is 11.6 Å². The Hall–Kier alpha value is -1.68. The van der Waals surface area contributed by atoms with Crippen molar-refractivity contribution < 1.29 is 18.0 Å². The number of halogens is 3. The van der Waals surface area contributed by atoms with E-state index in [2.05, 4.69) is 0 Å². The van der Waals surface area contributed by atoms with Gasteiger partial charge in [-0.2, -0.15) is 0 Å². The minimum Gasteiger partial charge on any atom is -0.452 e. The van der Waals surface area contributed by atoms with Crippen molar-refractivity contribution in [2.75, 3.05) is 0 Å². The van der Waals surface area contributed by atoms with Gasteiger partial charge in [0.2, 0.25) is 11.0 Å². The highest BCUT2D eigenvalue weighted by Crippen LogP contribution is 2.22. The fourth-order valence-electron chi connectivity index (χ4n) is 1.27. The lowest BCUT2D eigenvalue weighted by Crippen LogP contribution is -2.04. The van der Waals surface area contributed by atoms with Crippen LogP contribution in [0.4, 0.5) is 8.78 Å². The fraction of sp³-hybridized carbons (Fsp3) is 0. The first-order valence-corrected chi connectivity index (χ1v) is 4.70. The van der Waals surface area contributed by atoms with Crippen molar-refractivity contribution in [3.05, 3.63) is 58.5 Å². The smallest absolute Gasteiger partial charge is 0.204 e. The highest BCUT2D eigenvalue weighted by atomic mass is 35.5. The number of carbonyl (C=O) groups is 1. The van der Waals surface area contributed by atoms with Gasteiger partial charge in [-0.25, -0.2) is 8.78 Å². The summed E-state index contributed by atoms with van der Waals surface area (Å²) in [7, 11) is 0. The highest BCUT2D eigenvalue weighted by Gasteiger charge is 2.19. The molecule has 0 aliphatic rings. The van der Waals surface area contributed by atoms with E-state index in [0.29, 0.717) is 0 Å². The SMILES string of the molecule is O=C(c1cc(F)ccc1F)c1ccoc1Cl. The number of hydrogen-bond donors (Lipinski definition) is 0. The molecule has 1 aromatic heterocycles. The Morgan fingerprint density at radius 2 is 1.94 bits per heavy atom. The molecule has 0 aliphatic carbocycles. The van der Waals surface area contributed by atoms with Crippen molar-refractivity contribution in [3.63, 3.8) is 0 Å². The number of hydrogen-bond acceptors (Lipinski definition) is 2. The molecular weight excluding hydrogens is 238 g/mol. The Balaban J connectivity index is 2.49. The van der Waals surface area contributed by atoms with Gasteiger partial charge in [0, 0.05) is 0 Å². The molecule has 0 amide bonds. The van der Waals surface area contributed by atoms with Crippen LogP contribution in [-0.4, -0.2) is 5.78 Å². The van der Waals surface area contributed by atoms with Crippen molar-refractivity contribution in [1.29, 1.82) is 0 Å². The summed E-state index contributed by atoms with van der Waals surface area (Å²) in [4.78, 5) is 11.8. The van der Waals surface area contributed by atoms with E-state index in [-0.39, 0.29) is 16.3 Å². The van der Waals surface area contributed by atoms with Gasteiger partial charge in [-0.15, -0.1) is 0 Å². The van der Waals surface area contributed by atoms with Crippen molar-refractivity contribution in [1.82, 2.24) is 0 Å². The molecule has 1 heterocycles. The Morgan fingerprint density at radius 3 is 2.56 bits per heavy atom. The quantitative estimate of drug-likeness (QED) is 0.755. The molecule has 0 radical (unpaired) electrons. The topological polar surface area (TPSA) is 30.2 Å². The molecule has 0 saturated heterocycles. The normalized spacial score (nSPS) is 10.4. The molecule has 5 heteroatoms. The van der Waals surface area contributed by atoms with E-state index in [0.717, 1.165) is 18.2 Å². The van der Waals surface area contributed by atoms with Crippen molar-refractivity contribution in [2.45, 2.75) is 0 Å². The van der Waals surface area contributed by atoms with E-state index in [1.165, 1.54) is 12.3 Å². The monoisotopic (exact) mass is 242 g/mol. The Labute approximate surface area is 94.4 Å². The first-order valence-electron chi connectivity index (χ1n) is 4.32. The number of rotatable bonds is 2. The average molecular weight is 243 g/mol. The number of ketones is 1. The van der Waals surface area contributed by atoms with Crippen LogP contribution < -0.4 is 0 Å². The van der Waals surface area contributed by atoms with Crippen LogP contribution in [0.2, 0.25) is 5.22 Å². The predicted octanol–water partition coefficient (Wildman–Crippen LogP) is 3.44. The van der Waals surface area contributed by atoms with E-state index in [1.807, 2.05) is 0 Å². The molecule has 82 valence electrons. The van der Waals surface area contributed by atoms with Crippen LogP contribution in [0.1, 0.15) is 15.9 Å². The van der Waals surface area contributed by atoms with E-state index in [1.54, 1.807) is 0 Å². The molecule has 0 spiro atoms. The number of carbonyl (C=O) groups excluding carboxylic acids is 1. The molecule has 2 rings (SSSR count). The third-order valence-electron chi connectivity index (χ3n) is 2.04. The Kier molecular flexibility index (Phi) is 2.75. The summed E-state index contributed by atoms with van der Waals surface area (Å²) in [5, 5.41) is -0.145. The molecule has 0 fully saturated rings. The fourth-order valence-corrected chi connectivity index (χ4v) is 1.47. The van der Waals surface area contributed by atoms with Gasteiger partial charge in [-0.1, -0.05) is 0 Å². The minimum absolute atomic E-state index is 0.00571. The van der Waals surface area contributed by atoms with Gasteiger partial charge in [-0.3, -0.25) is 4.79 Å². The van der Waals surface area contributed by atoms with Gasteiger partial charge in [0.05, 0.1) is 17.4 Å². The maximum Gasteiger partial charge on any atom is 0.204 e. The molecule has 0 unspecified atom stereocenters. The molecular formula is C11H5ClF2O2. The van der Waals surface area contributed by atoms with Crippen molar-refractivity contribution >= 4 is 17.4 Å². The number of benzene rings is 1. The van der Waals surface area contributed by atoms with Gasteiger partial charge in [0.25, 0.3) is 0 Å². The third-order valence-corrected chi connectivity index (χ3v) is 2.33. The summed E-state index contributed by atoms with van der Waals surface area (Å²) >= 11 is 5.57. The van der Waals surface area contributed by atoms with Gasteiger partial charge in [0.15, 0.2) is 0 Å².